The minimum atomic E-state index is -4.20. The summed E-state index contributed by atoms with van der Waals surface area (Å²) in [7, 11) is -8.21. The predicted molar refractivity (Wildman–Crippen MR) is 116 cm³/mol. The van der Waals surface area contributed by atoms with Gasteiger partial charge in [-0.2, -0.15) is 0 Å². The minimum absolute atomic E-state index is 0.0112. The Labute approximate surface area is 178 Å². The van der Waals surface area contributed by atoms with Crippen LogP contribution < -0.4 is 9.44 Å². The number of aromatic nitrogens is 1. The third-order valence-corrected chi connectivity index (χ3v) is 7.21. The predicted octanol–water partition coefficient (Wildman–Crippen LogP) is 3.98. The molecule has 1 aromatic heterocycles. The highest BCUT2D eigenvalue weighted by atomic mass is 32.2. The highest BCUT2D eigenvalue weighted by molar-refractivity contribution is 7.93. The second kappa shape index (κ2) is 7.97. The molecule has 10 heteroatoms. The van der Waals surface area contributed by atoms with E-state index in [0.717, 1.165) is 12.1 Å². The van der Waals surface area contributed by atoms with E-state index in [9.17, 15) is 21.2 Å². The summed E-state index contributed by atoms with van der Waals surface area (Å²) in [6, 6.07) is 18.9. The number of hydrogen-bond donors (Lipinski definition) is 2. The second-order valence-electron chi connectivity index (χ2n) is 6.55. The van der Waals surface area contributed by atoms with Crippen LogP contribution in [-0.2, 0) is 20.0 Å². The Bertz CT molecular complexity index is 1480. The largest absolute Gasteiger partial charge is 0.279 e. The third-order valence-electron chi connectivity index (χ3n) is 4.38. The van der Waals surface area contributed by atoms with Crippen molar-refractivity contribution in [3.05, 3.63) is 90.9 Å². The molecule has 2 N–H and O–H groups in total. The van der Waals surface area contributed by atoms with E-state index in [0.29, 0.717) is 10.9 Å². The van der Waals surface area contributed by atoms with E-state index in [1.54, 1.807) is 24.3 Å². The van der Waals surface area contributed by atoms with Crippen LogP contribution in [0.5, 0.6) is 0 Å². The SMILES string of the molecule is O=S(=O)(Nc1cccc(NS(=O)(=O)c2cccc3cccnc23)c1)c1ccccc1F. The maximum Gasteiger partial charge on any atom is 0.264 e. The fourth-order valence-electron chi connectivity index (χ4n) is 3.02. The van der Waals surface area contributed by atoms with Crippen LogP contribution in [0.15, 0.2) is 94.9 Å². The fraction of sp³-hybridized carbons (Fsp3) is 0. The molecule has 4 rings (SSSR count). The van der Waals surface area contributed by atoms with E-state index in [4.69, 9.17) is 0 Å². The molecule has 4 aromatic rings. The minimum Gasteiger partial charge on any atom is -0.279 e. The molecule has 0 saturated carbocycles. The van der Waals surface area contributed by atoms with Gasteiger partial charge in [-0.05, 0) is 42.5 Å². The number of anilines is 2. The molecule has 0 bridgehead atoms. The van der Waals surface area contributed by atoms with Crippen molar-refractivity contribution in [1.82, 2.24) is 4.98 Å². The molecule has 0 aliphatic carbocycles. The number of rotatable bonds is 6. The van der Waals surface area contributed by atoms with Crippen LogP contribution in [0.2, 0.25) is 0 Å². The Morgan fingerprint density at radius 2 is 1.26 bits per heavy atom. The van der Waals surface area contributed by atoms with Crippen LogP contribution in [0, 0.1) is 5.82 Å². The molecule has 7 nitrogen and oxygen atoms in total. The molecule has 0 atom stereocenters. The van der Waals surface area contributed by atoms with Gasteiger partial charge in [-0.1, -0.05) is 36.4 Å². The van der Waals surface area contributed by atoms with E-state index in [-0.39, 0.29) is 16.3 Å². The van der Waals surface area contributed by atoms with E-state index in [1.807, 2.05) is 0 Å². The van der Waals surface area contributed by atoms with Crippen molar-refractivity contribution in [2.75, 3.05) is 9.44 Å². The summed E-state index contributed by atoms with van der Waals surface area (Å²) < 4.78 is 69.4. The quantitative estimate of drug-likeness (QED) is 0.456. The molecule has 0 fully saturated rings. The zero-order valence-electron chi connectivity index (χ0n) is 15.9. The van der Waals surface area contributed by atoms with E-state index in [2.05, 4.69) is 14.4 Å². The summed E-state index contributed by atoms with van der Waals surface area (Å²) in [5, 5.41) is 0.664. The van der Waals surface area contributed by atoms with Gasteiger partial charge in [0.25, 0.3) is 20.0 Å². The number of fused-ring (bicyclic) bond motifs is 1. The maximum absolute atomic E-state index is 13.9. The second-order valence-corrected chi connectivity index (χ2v) is 9.86. The van der Waals surface area contributed by atoms with Crippen LogP contribution in [0.1, 0.15) is 0 Å². The number of benzene rings is 3. The van der Waals surface area contributed by atoms with Crippen LogP contribution in [-0.4, -0.2) is 21.8 Å². The molecule has 31 heavy (non-hydrogen) atoms. The first kappa shape index (κ1) is 20.8. The van der Waals surface area contributed by atoms with Crippen LogP contribution in [0.25, 0.3) is 10.9 Å². The average Bonchev–Trinajstić information content (AvgIpc) is 2.73. The van der Waals surface area contributed by atoms with Gasteiger partial charge in [-0.15, -0.1) is 0 Å². The smallest absolute Gasteiger partial charge is 0.264 e. The lowest BCUT2D eigenvalue weighted by atomic mass is 10.2. The third kappa shape index (κ3) is 4.35. The van der Waals surface area contributed by atoms with Gasteiger partial charge in [0, 0.05) is 11.6 Å². The average molecular weight is 458 g/mol. The number of nitrogens with zero attached hydrogens (tertiary/aromatic N) is 1. The number of pyridine rings is 1. The van der Waals surface area contributed by atoms with Crippen LogP contribution in [0.4, 0.5) is 15.8 Å². The van der Waals surface area contributed by atoms with Gasteiger partial charge in [0.2, 0.25) is 0 Å². The Kier molecular flexibility index (Phi) is 5.34. The Balaban J connectivity index is 1.64. The highest BCUT2D eigenvalue weighted by Crippen LogP contribution is 2.25. The molecule has 0 amide bonds. The standard InChI is InChI=1S/C21H16FN3O4S2/c22-18-10-1-2-11-19(18)30(26,27)24-16-8-4-9-17(14-16)25-31(28,29)20-12-3-6-15-7-5-13-23-21(15)20/h1-14,24-25H. The lowest BCUT2D eigenvalue weighted by molar-refractivity contribution is 0.570. The van der Waals surface area contributed by atoms with Crippen molar-refractivity contribution in [2.24, 2.45) is 0 Å². The topological polar surface area (TPSA) is 105 Å². The van der Waals surface area contributed by atoms with Crippen molar-refractivity contribution >= 4 is 42.3 Å². The zero-order chi connectivity index (χ0) is 22.1. The summed E-state index contributed by atoms with van der Waals surface area (Å²) >= 11 is 0. The Morgan fingerprint density at radius 3 is 1.97 bits per heavy atom. The van der Waals surface area contributed by atoms with Crippen LogP contribution >= 0.6 is 0 Å². The first-order valence-electron chi connectivity index (χ1n) is 9.00. The van der Waals surface area contributed by atoms with Gasteiger partial charge in [-0.3, -0.25) is 14.4 Å². The van der Waals surface area contributed by atoms with Gasteiger partial charge in [0.1, 0.15) is 15.6 Å². The number of halogens is 1. The van der Waals surface area contributed by atoms with Gasteiger partial charge < -0.3 is 0 Å². The van der Waals surface area contributed by atoms with E-state index in [1.165, 1.54) is 48.7 Å². The summed E-state index contributed by atoms with van der Waals surface area (Å²) in [6.45, 7) is 0. The van der Waals surface area contributed by atoms with Crippen molar-refractivity contribution in [3.8, 4) is 0 Å². The molecule has 0 unspecified atom stereocenters. The lowest BCUT2D eigenvalue weighted by Crippen LogP contribution is -2.16. The first-order valence-corrected chi connectivity index (χ1v) is 12.0. The van der Waals surface area contributed by atoms with E-state index >= 15 is 0 Å². The molecular weight excluding hydrogens is 441 g/mol. The molecule has 0 aliphatic rings. The lowest BCUT2D eigenvalue weighted by Gasteiger charge is -2.12. The molecular formula is C21H16FN3O4S2. The molecule has 0 saturated heterocycles. The zero-order valence-corrected chi connectivity index (χ0v) is 17.5. The van der Waals surface area contributed by atoms with Crippen LogP contribution in [0.3, 0.4) is 0 Å². The Morgan fingerprint density at radius 1 is 0.677 bits per heavy atom. The summed E-state index contributed by atoms with van der Waals surface area (Å²) in [4.78, 5) is 3.63. The number of sulfonamides is 2. The highest BCUT2D eigenvalue weighted by Gasteiger charge is 2.20. The van der Waals surface area contributed by atoms with Gasteiger partial charge >= 0.3 is 0 Å². The monoisotopic (exact) mass is 457 g/mol. The van der Waals surface area contributed by atoms with Crippen molar-refractivity contribution in [2.45, 2.75) is 9.79 Å². The molecule has 0 spiro atoms. The fourth-order valence-corrected chi connectivity index (χ4v) is 5.38. The normalized spacial score (nSPS) is 11.9. The molecule has 158 valence electrons. The van der Waals surface area contributed by atoms with E-state index < -0.39 is 30.8 Å². The van der Waals surface area contributed by atoms with Gasteiger partial charge in [0.05, 0.1) is 16.9 Å². The number of nitrogens with one attached hydrogen (secondary N) is 2. The van der Waals surface area contributed by atoms with Crippen molar-refractivity contribution in [3.63, 3.8) is 0 Å². The molecule has 3 aromatic carbocycles. The van der Waals surface area contributed by atoms with Crippen molar-refractivity contribution in [1.29, 1.82) is 0 Å². The first-order chi connectivity index (χ1) is 14.8. The maximum atomic E-state index is 13.9. The molecule has 1 heterocycles. The summed E-state index contributed by atoms with van der Waals surface area (Å²) in [5.41, 5.74) is 0.509. The van der Waals surface area contributed by atoms with Gasteiger partial charge in [-0.25, -0.2) is 21.2 Å². The van der Waals surface area contributed by atoms with Gasteiger partial charge in [0.15, 0.2) is 0 Å². The van der Waals surface area contributed by atoms with Crippen molar-refractivity contribution < 1.29 is 21.2 Å². The summed E-state index contributed by atoms with van der Waals surface area (Å²) in [5.74, 6) is -0.893. The summed E-state index contributed by atoms with van der Waals surface area (Å²) in [6.07, 6.45) is 1.50. The Hall–Kier alpha value is -3.50. The molecule has 0 aliphatic heterocycles. The number of hydrogen-bond acceptors (Lipinski definition) is 5. The molecule has 0 radical (unpaired) electrons. The number of para-hydroxylation sites is 1.